The number of sulfonamides is 1. The first-order valence-electron chi connectivity index (χ1n) is 11.4. The molecule has 0 bridgehead atoms. The number of carbonyl (C=O) groups is 2. The van der Waals surface area contributed by atoms with Crippen LogP contribution in [0.15, 0.2) is 54.6 Å². The summed E-state index contributed by atoms with van der Waals surface area (Å²) in [4.78, 5) is 27.6. The van der Waals surface area contributed by atoms with E-state index in [0.29, 0.717) is 37.4 Å². The number of anilines is 1. The number of benzene rings is 2. The van der Waals surface area contributed by atoms with Crippen molar-refractivity contribution in [1.82, 2.24) is 10.2 Å². The Labute approximate surface area is 202 Å². The molecule has 186 valence electrons. The highest BCUT2D eigenvalue weighted by atomic mass is 32.2. The largest absolute Gasteiger partial charge is 0.495 e. The molecular formula is C25H35N3O5S. The number of nitrogens with one attached hydrogen (secondary N) is 1. The first-order chi connectivity index (χ1) is 16.2. The SMILES string of the molecule is CCNC(=O)[C@@H](CC)N(Cc1ccccc1)C(=O)CCCN(c1ccccc1OC)S(C)(=O)=O. The lowest BCUT2D eigenvalue weighted by atomic mass is 10.1. The number of rotatable bonds is 13. The molecule has 0 fully saturated rings. The number of amides is 2. The molecule has 0 radical (unpaired) electrons. The maximum absolute atomic E-state index is 13.3. The van der Waals surface area contributed by atoms with Crippen molar-refractivity contribution < 1.29 is 22.7 Å². The van der Waals surface area contributed by atoms with Crippen LogP contribution in [0.1, 0.15) is 38.7 Å². The van der Waals surface area contributed by atoms with Gasteiger partial charge in [-0.25, -0.2) is 8.42 Å². The first-order valence-corrected chi connectivity index (χ1v) is 13.3. The van der Waals surface area contributed by atoms with Gasteiger partial charge in [-0.1, -0.05) is 49.4 Å². The summed E-state index contributed by atoms with van der Waals surface area (Å²) in [7, 11) is -2.11. The zero-order valence-corrected chi connectivity index (χ0v) is 21.2. The molecule has 0 heterocycles. The van der Waals surface area contributed by atoms with E-state index < -0.39 is 16.1 Å². The standard InChI is InChI=1S/C25H35N3O5S/c1-5-21(25(30)26-6-2)27(19-20-13-8-7-9-14-20)24(29)17-12-18-28(34(4,31)32)22-15-10-11-16-23(22)33-3/h7-11,13-16,21H,5-6,12,17-19H2,1-4H3,(H,26,30)/t21-/m1/s1. The molecule has 2 aromatic rings. The number of hydrogen-bond acceptors (Lipinski definition) is 5. The maximum Gasteiger partial charge on any atom is 0.242 e. The summed E-state index contributed by atoms with van der Waals surface area (Å²) in [6.45, 7) is 4.61. The molecule has 2 rings (SSSR count). The molecule has 2 aromatic carbocycles. The average molecular weight is 490 g/mol. The predicted molar refractivity (Wildman–Crippen MR) is 134 cm³/mol. The normalized spacial score (nSPS) is 12.0. The van der Waals surface area contributed by atoms with Crippen LogP contribution in [0.3, 0.4) is 0 Å². The van der Waals surface area contributed by atoms with Gasteiger partial charge >= 0.3 is 0 Å². The number of carbonyl (C=O) groups excluding carboxylic acids is 2. The molecule has 9 heteroatoms. The number of ether oxygens (including phenoxy) is 1. The summed E-state index contributed by atoms with van der Waals surface area (Å²) < 4.78 is 31.6. The number of hydrogen-bond donors (Lipinski definition) is 1. The van der Waals surface area contributed by atoms with Crippen LogP contribution in [0.2, 0.25) is 0 Å². The number of likely N-dealkylation sites (N-methyl/N-ethyl adjacent to an activating group) is 1. The Balaban J connectivity index is 2.20. The van der Waals surface area contributed by atoms with E-state index in [9.17, 15) is 18.0 Å². The summed E-state index contributed by atoms with van der Waals surface area (Å²) in [5.41, 5.74) is 1.35. The minimum atomic E-state index is -3.59. The van der Waals surface area contributed by atoms with Crippen LogP contribution >= 0.6 is 0 Å². The van der Waals surface area contributed by atoms with E-state index in [-0.39, 0.29) is 24.8 Å². The third-order valence-corrected chi connectivity index (χ3v) is 6.62. The van der Waals surface area contributed by atoms with E-state index in [2.05, 4.69) is 5.32 Å². The lowest BCUT2D eigenvalue weighted by Gasteiger charge is -2.31. The van der Waals surface area contributed by atoms with Gasteiger partial charge in [0, 0.05) is 26.1 Å². The fourth-order valence-corrected chi connectivity index (χ4v) is 4.78. The van der Waals surface area contributed by atoms with Crippen molar-refractivity contribution in [3.63, 3.8) is 0 Å². The van der Waals surface area contributed by atoms with Gasteiger partial charge in [0.05, 0.1) is 19.1 Å². The zero-order chi connectivity index (χ0) is 25.1. The lowest BCUT2D eigenvalue weighted by molar-refractivity contribution is -0.141. The van der Waals surface area contributed by atoms with Crippen LogP contribution < -0.4 is 14.4 Å². The van der Waals surface area contributed by atoms with E-state index in [4.69, 9.17) is 4.74 Å². The van der Waals surface area contributed by atoms with Gasteiger partial charge in [0.25, 0.3) is 0 Å². The van der Waals surface area contributed by atoms with Crippen molar-refractivity contribution in [3.8, 4) is 5.75 Å². The molecule has 2 amide bonds. The quantitative estimate of drug-likeness (QED) is 0.466. The Morgan fingerprint density at radius 3 is 2.26 bits per heavy atom. The third-order valence-electron chi connectivity index (χ3n) is 5.44. The minimum absolute atomic E-state index is 0.101. The molecule has 1 N–H and O–H groups in total. The maximum atomic E-state index is 13.3. The first kappa shape index (κ1) is 27.2. The summed E-state index contributed by atoms with van der Waals surface area (Å²) >= 11 is 0. The van der Waals surface area contributed by atoms with Crippen molar-refractivity contribution >= 4 is 27.5 Å². The van der Waals surface area contributed by atoms with E-state index in [1.165, 1.54) is 11.4 Å². The molecule has 0 saturated carbocycles. The molecule has 0 unspecified atom stereocenters. The highest BCUT2D eigenvalue weighted by Gasteiger charge is 2.28. The van der Waals surface area contributed by atoms with Crippen LogP contribution in [-0.2, 0) is 26.2 Å². The third kappa shape index (κ3) is 7.48. The average Bonchev–Trinajstić information content (AvgIpc) is 2.81. The fraction of sp³-hybridized carbons (Fsp3) is 0.440. The molecule has 0 saturated heterocycles. The molecule has 0 aliphatic heterocycles. The van der Waals surface area contributed by atoms with Crippen molar-refractivity contribution in [1.29, 1.82) is 0 Å². The fourth-order valence-electron chi connectivity index (χ4n) is 3.81. The highest BCUT2D eigenvalue weighted by Crippen LogP contribution is 2.29. The van der Waals surface area contributed by atoms with Crippen LogP contribution in [-0.4, -0.2) is 57.6 Å². The molecule has 0 aliphatic rings. The van der Waals surface area contributed by atoms with E-state index in [1.54, 1.807) is 29.2 Å². The van der Waals surface area contributed by atoms with Crippen LogP contribution in [0.25, 0.3) is 0 Å². The number of para-hydroxylation sites is 2. The van der Waals surface area contributed by atoms with Gasteiger partial charge in [-0.05, 0) is 37.5 Å². The Kier molecular flexibility index (Phi) is 10.4. The van der Waals surface area contributed by atoms with E-state index in [0.717, 1.165) is 11.8 Å². The second-order valence-corrected chi connectivity index (χ2v) is 9.84. The van der Waals surface area contributed by atoms with Crippen molar-refractivity contribution in [3.05, 3.63) is 60.2 Å². The molecule has 0 aliphatic carbocycles. The molecule has 1 atom stereocenters. The summed E-state index contributed by atoms with van der Waals surface area (Å²) in [6, 6.07) is 15.8. The van der Waals surface area contributed by atoms with Crippen molar-refractivity contribution in [2.24, 2.45) is 0 Å². The molecule has 8 nitrogen and oxygen atoms in total. The van der Waals surface area contributed by atoms with Crippen molar-refractivity contribution in [2.75, 3.05) is 30.8 Å². The van der Waals surface area contributed by atoms with Gasteiger partial charge in [0.1, 0.15) is 11.8 Å². The lowest BCUT2D eigenvalue weighted by Crippen LogP contribution is -2.49. The van der Waals surface area contributed by atoms with Crippen LogP contribution in [0, 0.1) is 0 Å². The Bertz CT molecular complexity index is 1040. The summed E-state index contributed by atoms with van der Waals surface area (Å²) in [5.74, 6) is 0.0451. The van der Waals surface area contributed by atoms with E-state index in [1.807, 2.05) is 44.2 Å². The highest BCUT2D eigenvalue weighted by molar-refractivity contribution is 7.92. The molecule has 0 aromatic heterocycles. The van der Waals surface area contributed by atoms with Gasteiger partial charge in [0.2, 0.25) is 21.8 Å². The second-order valence-electron chi connectivity index (χ2n) is 7.94. The Morgan fingerprint density at radius 2 is 1.68 bits per heavy atom. The number of nitrogens with zero attached hydrogens (tertiary/aromatic N) is 2. The number of methoxy groups -OCH3 is 1. The zero-order valence-electron chi connectivity index (χ0n) is 20.4. The summed E-state index contributed by atoms with van der Waals surface area (Å²) in [6.07, 6.45) is 2.00. The molecular weight excluding hydrogens is 454 g/mol. The van der Waals surface area contributed by atoms with Gasteiger partial charge in [-0.15, -0.1) is 0 Å². The van der Waals surface area contributed by atoms with Crippen molar-refractivity contribution in [2.45, 2.75) is 45.7 Å². The topological polar surface area (TPSA) is 96.0 Å². The predicted octanol–water partition coefficient (Wildman–Crippen LogP) is 3.18. The molecule has 34 heavy (non-hydrogen) atoms. The van der Waals surface area contributed by atoms with E-state index >= 15 is 0 Å². The summed E-state index contributed by atoms with van der Waals surface area (Å²) in [5, 5.41) is 2.81. The molecule has 0 spiro atoms. The van der Waals surface area contributed by atoms with Crippen LogP contribution in [0.4, 0.5) is 5.69 Å². The second kappa shape index (κ2) is 13.0. The van der Waals surface area contributed by atoms with Gasteiger partial charge in [-0.3, -0.25) is 13.9 Å². The Hall–Kier alpha value is -3.07. The smallest absolute Gasteiger partial charge is 0.242 e. The van der Waals surface area contributed by atoms with Gasteiger partial charge in [-0.2, -0.15) is 0 Å². The minimum Gasteiger partial charge on any atom is -0.495 e. The Morgan fingerprint density at radius 1 is 1.03 bits per heavy atom. The van der Waals surface area contributed by atoms with Gasteiger partial charge < -0.3 is 15.0 Å². The van der Waals surface area contributed by atoms with Crippen LogP contribution in [0.5, 0.6) is 5.75 Å². The monoisotopic (exact) mass is 489 g/mol. The van der Waals surface area contributed by atoms with Gasteiger partial charge in [0.15, 0.2) is 0 Å².